The van der Waals surface area contributed by atoms with Gasteiger partial charge in [-0.25, -0.2) is 13.2 Å². The fourth-order valence-corrected chi connectivity index (χ4v) is 4.04. The van der Waals surface area contributed by atoms with E-state index in [0.717, 1.165) is 24.3 Å². The van der Waals surface area contributed by atoms with Crippen LogP contribution in [0.5, 0.6) is 11.5 Å². The zero-order valence-corrected chi connectivity index (χ0v) is 20.0. The van der Waals surface area contributed by atoms with E-state index in [1.54, 1.807) is 19.1 Å². The first kappa shape index (κ1) is 24.9. The van der Waals surface area contributed by atoms with Crippen LogP contribution < -0.4 is 15.4 Å². The maximum atomic E-state index is 14.9. The fraction of sp³-hybridized carbons (Fsp3) is 0.143. The van der Waals surface area contributed by atoms with E-state index in [4.69, 9.17) is 4.74 Å². The quantitative estimate of drug-likeness (QED) is 0.233. The van der Waals surface area contributed by atoms with Gasteiger partial charge in [-0.1, -0.05) is 0 Å². The van der Waals surface area contributed by atoms with E-state index in [1.165, 1.54) is 24.4 Å². The van der Waals surface area contributed by atoms with Crippen molar-refractivity contribution < 1.29 is 32.3 Å². The van der Waals surface area contributed by atoms with Crippen molar-refractivity contribution in [1.82, 2.24) is 4.98 Å². The van der Waals surface area contributed by atoms with Crippen LogP contribution in [0, 0.1) is 29.8 Å². The number of amides is 2. The Morgan fingerprint density at radius 1 is 0.921 bits per heavy atom. The van der Waals surface area contributed by atoms with Gasteiger partial charge in [-0.05, 0) is 67.8 Å². The molecule has 0 radical (unpaired) electrons. The number of rotatable bonds is 7. The second-order valence-corrected chi connectivity index (χ2v) is 9.01. The standard InChI is InChI=1S/C28H20F3N3O4/c1-15-10-19-22(11-16(15)14-35)32-9-6-24(19)38-25-13-20(30)23(12-21(25)31)34-27(37)28(7-8-28)26(36)33-18-4-2-17(29)3-5-18/h2-6,9-14H,7-8H2,1H3,(H,33,36)(H,34,37). The molecular formula is C28H20F3N3O4. The molecule has 1 aliphatic carbocycles. The Morgan fingerprint density at radius 2 is 1.63 bits per heavy atom. The molecule has 0 spiro atoms. The Bertz CT molecular complexity index is 1600. The molecule has 2 amide bonds. The molecule has 1 heterocycles. The highest BCUT2D eigenvalue weighted by Gasteiger charge is 2.56. The molecule has 1 fully saturated rings. The molecule has 0 saturated heterocycles. The summed E-state index contributed by atoms with van der Waals surface area (Å²) in [6.45, 7) is 1.73. The van der Waals surface area contributed by atoms with Gasteiger partial charge in [0.2, 0.25) is 11.8 Å². The van der Waals surface area contributed by atoms with Crippen molar-refractivity contribution in [2.24, 2.45) is 5.41 Å². The van der Waals surface area contributed by atoms with Gasteiger partial charge in [0, 0.05) is 35.0 Å². The molecule has 10 heteroatoms. The number of aldehydes is 1. The molecule has 4 aromatic rings. The summed E-state index contributed by atoms with van der Waals surface area (Å²) in [5, 5.41) is 5.34. The summed E-state index contributed by atoms with van der Waals surface area (Å²) in [4.78, 5) is 41.0. The second-order valence-electron chi connectivity index (χ2n) is 9.01. The normalized spacial score (nSPS) is 13.6. The van der Waals surface area contributed by atoms with Crippen molar-refractivity contribution in [1.29, 1.82) is 0 Å². The summed E-state index contributed by atoms with van der Waals surface area (Å²) < 4.78 is 48.6. The van der Waals surface area contributed by atoms with Crippen LogP contribution in [0.2, 0.25) is 0 Å². The highest BCUT2D eigenvalue weighted by atomic mass is 19.1. The number of nitrogens with zero attached hydrogens (tertiary/aromatic N) is 1. The predicted octanol–water partition coefficient (Wildman–Crippen LogP) is 5.92. The number of hydrogen-bond acceptors (Lipinski definition) is 5. The van der Waals surface area contributed by atoms with Gasteiger partial charge in [0.15, 0.2) is 17.4 Å². The summed E-state index contributed by atoms with van der Waals surface area (Å²) in [5.41, 5.74) is -0.0525. The molecule has 1 saturated carbocycles. The number of nitrogens with one attached hydrogen (secondary N) is 2. The average molecular weight is 519 g/mol. The summed E-state index contributed by atoms with van der Waals surface area (Å²) >= 11 is 0. The molecule has 1 aliphatic rings. The molecule has 192 valence electrons. The number of ether oxygens (including phenoxy) is 1. The van der Waals surface area contributed by atoms with Crippen LogP contribution in [-0.4, -0.2) is 23.1 Å². The molecule has 0 aliphatic heterocycles. The van der Waals surface area contributed by atoms with Gasteiger partial charge in [-0.15, -0.1) is 0 Å². The number of halogens is 3. The number of aromatic nitrogens is 1. The van der Waals surface area contributed by atoms with E-state index in [9.17, 15) is 27.6 Å². The Hall–Kier alpha value is -4.73. The summed E-state index contributed by atoms with van der Waals surface area (Å²) in [6, 6.07) is 11.3. The molecule has 7 nitrogen and oxygen atoms in total. The van der Waals surface area contributed by atoms with Crippen molar-refractivity contribution in [2.45, 2.75) is 19.8 Å². The lowest BCUT2D eigenvalue weighted by Crippen LogP contribution is -2.35. The summed E-state index contributed by atoms with van der Waals surface area (Å²) in [5.74, 6) is -4.05. The first-order valence-corrected chi connectivity index (χ1v) is 11.6. The minimum absolute atomic E-state index is 0.194. The van der Waals surface area contributed by atoms with Crippen LogP contribution in [0.1, 0.15) is 28.8 Å². The maximum absolute atomic E-state index is 14.9. The van der Waals surface area contributed by atoms with Crippen molar-refractivity contribution in [3.63, 3.8) is 0 Å². The lowest BCUT2D eigenvalue weighted by atomic mass is 10.0. The third-order valence-corrected chi connectivity index (χ3v) is 6.43. The number of aryl methyl sites for hydroxylation is 1. The predicted molar refractivity (Wildman–Crippen MR) is 134 cm³/mol. The molecule has 0 bridgehead atoms. The van der Waals surface area contributed by atoms with Gasteiger partial charge in [-0.3, -0.25) is 19.4 Å². The molecule has 0 unspecified atom stereocenters. The molecule has 0 atom stereocenters. The van der Waals surface area contributed by atoms with Crippen LogP contribution in [0.15, 0.2) is 60.8 Å². The Balaban J connectivity index is 1.34. The van der Waals surface area contributed by atoms with Crippen LogP contribution in [0.25, 0.3) is 10.9 Å². The van der Waals surface area contributed by atoms with Gasteiger partial charge >= 0.3 is 0 Å². The zero-order valence-electron chi connectivity index (χ0n) is 20.0. The monoisotopic (exact) mass is 519 g/mol. The van der Waals surface area contributed by atoms with E-state index < -0.39 is 46.1 Å². The van der Waals surface area contributed by atoms with Crippen LogP contribution in [0.3, 0.4) is 0 Å². The fourth-order valence-electron chi connectivity index (χ4n) is 4.04. The van der Waals surface area contributed by atoms with Crippen LogP contribution in [-0.2, 0) is 9.59 Å². The van der Waals surface area contributed by atoms with Crippen molar-refractivity contribution in [3.05, 3.63) is 89.4 Å². The summed E-state index contributed by atoms with van der Waals surface area (Å²) in [6.07, 6.45) is 2.55. The van der Waals surface area contributed by atoms with Crippen molar-refractivity contribution in [3.8, 4) is 11.5 Å². The minimum Gasteiger partial charge on any atom is -0.453 e. The van der Waals surface area contributed by atoms with E-state index in [1.807, 2.05) is 0 Å². The number of carbonyl (C=O) groups is 3. The topological polar surface area (TPSA) is 97.4 Å². The first-order chi connectivity index (χ1) is 18.2. The SMILES string of the molecule is Cc1cc2c(Oc3cc(F)c(NC(=O)C4(C(=O)Nc5ccc(F)cc5)CC4)cc3F)ccnc2cc1C=O. The van der Waals surface area contributed by atoms with Gasteiger partial charge in [0.1, 0.15) is 23.3 Å². The number of pyridine rings is 1. The smallest absolute Gasteiger partial charge is 0.240 e. The third-order valence-electron chi connectivity index (χ3n) is 6.43. The van der Waals surface area contributed by atoms with E-state index in [2.05, 4.69) is 15.6 Å². The molecule has 1 aromatic heterocycles. The number of benzene rings is 3. The molecule has 5 rings (SSSR count). The third kappa shape index (κ3) is 4.68. The van der Waals surface area contributed by atoms with Gasteiger partial charge in [0.25, 0.3) is 0 Å². The first-order valence-electron chi connectivity index (χ1n) is 11.6. The number of anilines is 2. The van der Waals surface area contributed by atoms with Gasteiger partial charge in [0.05, 0.1) is 11.2 Å². The van der Waals surface area contributed by atoms with Gasteiger partial charge < -0.3 is 15.4 Å². The molecular weight excluding hydrogens is 499 g/mol. The van der Waals surface area contributed by atoms with Crippen molar-refractivity contribution >= 4 is 40.4 Å². The molecule has 38 heavy (non-hydrogen) atoms. The Morgan fingerprint density at radius 3 is 2.32 bits per heavy atom. The Kier molecular flexibility index (Phi) is 6.31. The number of carbonyl (C=O) groups excluding carboxylic acids is 3. The van der Waals surface area contributed by atoms with Crippen LogP contribution >= 0.6 is 0 Å². The molecule has 2 N–H and O–H groups in total. The number of hydrogen-bond donors (Lipinski definition) is 2. The Labute approximate surface area is 214 Å². The lowest BCUT2D eigenvalue weighted by molar-refractivity contribution is -0.131. The van der Waals surface area contributed by atoms with Crippen LogP contribution in [0.4, 0.5) is 24.5 Å². The largest absolute Gasteiger partial charge is 0.453 e. The zero-order chi connectivity index (χ0) is 27.0. The van der Waals surface area contributed by atoms with Crippen molar-refractivity contribution in [2.75, 3.05) is 10.6 Å². The maximum Gasteiger partial charge on any atom is 0.240 e. The summed E-state index contributed by atoms with van der Waals surface area (Å²) in [7, 11) is 0. The van der Waals surface area contributed by atoms with E-state index in [-0.39, 0.29) is 18.6 Å². The lowest BCUT2D eigenvalue weighted by Gasteiger charge is -2.17. The van der Waals surface area contributed by atoms with E-state index >= 15 is 0 Å². The number of fused-ring (bicyclic) bond motifs is 1. The highest BCUT2D eigenvalue weighted by Crippen LogP contribution is 2.48. The second kappa shape index (κ2) is 9.62. The van der Waals surface area contributed by atoms with Gasteiger partial charge in [-0.2, -0.15) is 0 Å². The van der Waals surface area contributed by atoms with E-state index in [0.29, 0.717) is 34.0 Å². The average Bonchev–Trinajstić information content (AvgIpc) is 3.71. The minimum atomic E-state index is -1.44. The highest BCUT2D eigenvalue weighted by molar-refractivity contribution is 6.17. The molecule has 3 aromatic carbocycles.